The fourth-order valence-electron chi connectivity index (χ4n) is 0.737. The Labute approximate surface area is 141 Å². The van der Waals surface area contributed by atoms with Crippen LogP contribution in [0, 0.1) is 0 Å². The molecule has 0 amide bonds. The van der Waals surface area contributed by atoms with Gasteiger partial charge in [-0.2, -0.15) is 0 Å². The summed E-state index contributed by atoms with van der Waals surface area (Å²) in [6.45, 7) is 7.92. The molecule has 1 rings (SSSR count). The van der Waals surface area contributed by atoms with Gasteiger partial charge in [-0.15, -0.1) is 0 Å². The summed E-state index contributed by atoms with van der Waals surface area (Å²) in [6, 6.07) is 3.46. The van der Waals surface area contributed by atoms with Gasteiger partial charge >= 0.3 is 11.9 Å². The Balaban J connectivity index is 0.000000511. The lowest BCUT2D eigenvalue weighted by atomic mass is 10.3. The van der Waals surface area contributed by atoms with Gasteiger partial charge in [0.2, 0.25) is 0 Å². The van der Waals surface area contributed by atoms with Crippen molar-refractivity contribution in [2.45, 2.75) is 6.92 Å². The summed E-state index contributed by atoms with van der Waals surface area (Å²) in [5.41, 5.74) is 0.176. The second kappa shape index (κ2) is 9.10. The number of benzene rings is 1. The Bertz CT molecular complexity index is 541. The Morgan fingerprint density at radius 3 is 2.15 bits per heavy atom. The van der Waals surface area contributed by atoms with Crippen LogP contribution in [-0.2, 0) is 9.59 Å². The van der Waals surface area contributed by atoms with Gasteiger partial charge in [-0.25, -0.2) is 9.59 Å². The average Bonchev–Trinajstić information content (AvgIpc) is 2.39. The third kappa shape index (κ3) is 6.49. The van der Waals surface area contributed by atoms with Crippen LogP contribution in [0.25, 0.3) is 0 Å². The summed E-state index contributed by atoms with van der Waals surface area (Å²) in [4.78, 5) is 20.5. The molecule has 0 radical (unpaired) electrons. The van der Waals surface area contributed by atoms with Crippen molar-refractivity contribution < 1.29 is 19.4 Å². The van der Waals surface area contributed by atoms with Crippen molar-refractivity contribution >= 4 is 59.7 Å². The second-order valence-electron chi connectivity index (χ2n) is 3.38. The molecule has 1 aromatic carbocycles. The molecule has 4 nitrogen and oxygen atoms in total. The van der Waals surface area contributed by atoms with E-state index in [4.69, 9.17) is 9.84 Å². The van der Waals surface area contributed by atoms with Crippen LogP contribution in [-0.4, -0.2) is 17.0 Å². The summed E-state index contributed by atoms with van der Waals surface area (Å²) in [5.74, 6) is -0.972. The molecule has 0 aliphatic carbocycles. The zero-order valence-corrected chi connectivity index (χ0v) is 15.2. The first kappa shape index (κ1) is 19.1. The first-order valence-corrected chi connectivity index (χ1v) is 7.45. The zero-order valence-electron chi connectivity index (χ0n) is 10.5. The number of halogens is 3. The number of hydrogen-bond donors (Lipinski definition) is 1. The van der Waals surface area contributed by atoms with Crippen molar-refractivity contribution in [2.24, 2.45) is 0 Å². The van der Waals surface area contributed by atoms with Crippen LogP contribution in [0.3, 0.4) is 0 Å². The Morgan fingerprint density at radius 2 is 1.75 bits per heavy atom. The maximum atomic E-state index is 10.9. The number of esters is 1. The number of hydrogen-bond acceptors (Lipinski definition) is 3. The fourth-order valence-corrected chi connectivity index (χ4v) is 2.09. The highest BCUT2D eigenvalue weighted by Crippen LogP contribution is 2.37. The normalized spacial score (nSPS) is 9.00. The summed E-state index contributed by atoms with van der Waals surface area (Å²) in [7, 11) is 0. The van der Waals surface area contributed by atoms with Gasteiger partial charge in [-0.3, -0.25) is 0 Å². The highest BCUT2D eigenvalue weighted by Gasteiger charge is 2.10. The molecule has 0 atom stereocenters. The maximum absolute atomic E-state index is 10.9. The van der Waals surface area contributed by atoms with Crippen molar-refractivity contribution in [3.8, 4) is 5.75 Å². The fraction of sp³-hybridized carbons (Fsp3) is 0.0769. The molecule has 1 aromatic rings. The molecular weight excluding hydrogens is 460 g/mol. The maximum Gasteiger partial charge on any atom is 0.335 e. The van der Waals surface area contributed by atoms with E-state index in [9.17, 15) is 9.59 Å². The highest BCUT2D eigenvalue weighted by molar-refractivity contribution is 9.14. The lowest BCUT2D eigenvalue weighted by Crippen LogP contribution is -2.03. The Kier molecular flexibility index (Phi) is 8.68. The minimum atomic E-state index is -0.935. The van der Waals surface area contributed by atoms with E-state index in [0.717, 1.165) is 15.0 Å². The molecule has 0 heterocycles. The lowest BCUT2D eigenvalue weighted by molar-refractivity contribution is -0.132. The molecule has 0 bridgehead atoms. The van der Waals surface area contributed by atoms with Crippen molar-refractivity contribution in [3.63, 3.8) is 0 Å². The van der Waals surface area contributed by atoms with Crippen LogP contribution in [0.15, 0.2) is 50.4 Å². The predicted octanol–water partition coefficient (Wildman–Crippen LogP) is 4.71. The molecule has 0 saturated carbocycles. The minimum absolute atomic E-state index is 0.176. The molecule has 7 heteroatoms. The first-order valence-electron chi connectivity index (χ1n) is 5.07. The molecule has 0 aliphatic rings. The first-order chi connectivity index (χ1) is 9.20. The van der Waals surface area contributed by atoms with Gasteiger partial charge in [0.1, 0.15) is 5.75 Å². The highest BCUT2D eigenvalue weighted by atomic mass is 79.9. The number of carbonyl (C=O) groups is 2. The molecule has 20 heavy (non-hydrogen) atoms. The van der Waals surface area contributed by atoms with Crippen molar-refractivity contribution in [3.05, 3.63) is 50.4 Å². The SMILES string of the molecule is C=C(C)C(=O)O.C=CC(=O)Oc1ccc(Br)c(Br)c1Br. The average molecular weight is 471 g/mol. The molecular formula is C13H11Br3O4. The van der Waals surface area contributed by atoms with E-state index in [0.29, 0.717) is 10.2 Å². The van der Waals surface area contributed by atoms with E-state index in [2.05, 4.69) is 60.9 Å². The van der Waals surface area contributed by atoms with Gasteiger partial charge in [-0.05, 0) is 66.8 Å². The van der Waals surface area contributed by atoms with E-state index in [1.165, 1.54) is 6.92 Å². The van der Waals surface area contributed by atoms with Crippen molar-refractivity contribution in [1.29, 1.82) is 0 Å². The lowest BCUT2D eigenvalue weighted by Gasteiger charge is -2.06. The second-order valence-corrected chi connectivity index (χ2v) is 5.82. The van der Waals surface area contributed by atoms with Crippen LogP contribution in [0.2, 0.25) is 0 Å². The number of rotatable bonds is 3. The van der Waals surface area contributed by atoms with E-state index >= 15 is 0 Å². The van der Waals surface area contributed by atoms with Crippen LogP contribution < -0.4 is 4.74 Å². The number of ether oxygens (including phenoxy) is 1. The van der Waals surface area contributed by atoms with Gasteiger partial charge in [0, 0.05) is 20.6 Å². The van der Waals surface area contributed by atoms with Crippen LogP contribution in [0.5, 0.6) is 5.75 Å². The summed E-state index contributed by atoms with van der Waals surface area (Å²) in [5, 5.41) is 7.89. The number of aliphatic carboxylic acids is 1. The smallest absolute Gasteiger partial charge is 0.335 e. The Morgan fingerprint density at radius 1 is 1.25 bits per heavy atom. The molecule has 0 aromatic heterocycles. The monoisotopic (exact) mass is 468 g/mol. The molecule has 0 unspecified atom stereocenters. The van der Waals surface area contributed by atoms with Crippen LogP contribution >= 0.6 is 47.8 Å². The van der Waals surface area contributed by atoms with E-state index in [1.54, 1.807) is 12.1 Å². The van der Waals surface area contributed by atoms with E-state index in [-0.39, 0.29) is 5.57 Å². The number of carbonyl (C=O) groups excluding carboxylic acids is 1. The molecule has 0 fully saturated rings. The minimum Gasteiger partial charge on any atom is -0.478 e. The van der Waals surface area contributed by atoms with Crippen molar-refractivity contribution in [2.75, 3.05) is 0 Å². The van der Waals surface area contributed by atoms with Gasteiger partial charge in [-0.1, -0.05) is 13.2 Å². The van der Waals surface area contributed by atoms with Gasteiger partial charge in [0.25, 0.3) is 0 Å². The molecule has 0 saturated heterocycles. The Hall–Kier alpha value is -0.920. The molecule has 0 aliphatic heterocycles. The summed E-state index contributed by atoms with van der Waals surface area (Å²) in [6.07, 6.45) is 1.11. The van der Waals surface area contributed by atoms with Crippen molar-refractivity contribution in [1.82, 2.24) is 0 Å². The molecule has 0 spiro atoms. The van der Waals surface area contributed by atoms with Gasteiger partial charge in [0.15, 0.2) is 0 Å². The standard InChI is InChI=1S/C9H5Br3O2.C4H6O2/c1-2-7(13)14-6-4-3-5(10)8(11)9(6)12;1-3(2)4(5)6/h2-4H,1H2;1H2,2H3,(H,5,6). The van der Waals surface area contributed by atoms with Gasteiger partial charge < -0.3 is 9.84 Å². The summed E-state index contributed by atoms with van der Waals surface area (Å²) >= 11 is 9.96. The topological polar surface area (TPSA) is 63.6 Å². The largest absolute Gasteiger partial charge is 0.478 e. The zero-order chi connectivity index (χ0) is 15.9. The summed E-state index contributed by atoms with van der Waals surface area (Å²) < 4.78 is 7.33. The quantitative estimate of drug-likeness (QED) is 0.301. The van der Waals surface area contributed by atoms with E-state index < -0.39 is 11.9 Å². The number of carboxylic acid groups (broad SMARTS) is 1. The molecule has 108 valence electrons. The van der Waals surface area contributed by atoms with Gasteiger partial charge in [0.05, 0.1) is 4.47 Å². The third-order valence-corrected chi connectivity index (χ3v) is 5.08. The number of carboxylic acids is 1. The third-order valence-electron chi connectivity index (χ3n) is 1.74. The van der Waals surface area contributed by atoms with Crippen LogP contribution in [0.1, 0.15) is 6.92 Å². The van der Waals surface area contributed by atoms with Crippen LogP contribution in [0.4, 0.5) is 0 Å². The molecule has 1 N–H and O–H groups in total. The predicted molar refractivity (Wildman–Crippen MR) is 87.8 cm³/mol. The van der Waals surface area contributed by atoms with E-state index in [1.807, 2.05) is 0 Å².